The molecule has 1 N–H and O–H groups in total. The Labute approximate surface area is 139 Å². The minimum Gasteiger partial charge on any atom is -0.476 e. The number of nitrogens with zero attached hydrogens (tertiary/aromatic N) is 2. The van der Waals surface area contributed by atoms with E-state index >= 15 is 0 Å². The van der Waals surface area contributed by atoms with Gasteiger partial charge in [0, 0.05) is 11.8 Å². The second-order valence-corrected chi connectivity index (χ2v) is 5.73. The highest BCUT2D eigenvalue weighted by molar-refractivity contribution is 6.36. The van der Waals surface area contributed by atoms with Crippen LogP contribution in [0.4, 0.5) is 0 Å². The smallest absolute Gasteiger partial charge is 0.355 e. The van der Waals surface area contributed by atoms with Gasteiger partial charge >= 0.3 is 5.97 Å². The van der Waals surface area contributed by atoms with Gasteiger partial charge in [-0.2, -0.15) is 0 Å². The standard InChI is InChI=1S/C15H8Cl2N2O4/c16-8-4-9(17)14-18-12(13(15(20)21)19(14)5-8)7-1-2-10-11(3-7)23-6-22-10/h1-5H,6H2,(H,20,21). The first kappa shape index (κ1) is 14.2. The normalized spacial score (nSPS) is 12.8. The summed E-state index contributed by atoms with van der Waals surface area (Å²) in [6.45, 7) is 0.136. The van der Waals surface area contributed by atoms with Crippen LogP contribution in [0, 0.1) is 0 Å². The van der Waals surface area contributed by atoms with Crippen molar-refractivity contribution in [2.75, 3.05) is 6.79 Å². The van der Waals surface area contributed by atoms with Crippen molar-refractivity contribution >= 4 is 34.8 Å². The van der Waals surface area contributed by atoms with E-state index in [-0.39, 0.29) is 23.2 Å². The van der Waals surface area contributed by atoms with Crippen molar-refractivity contribution in [2.24, 2.45) is 0 Å². The van der Waals surface area contributed by atoms with E-state index in [2.05, 4.69) is 4.98 Å². The summed E-state index contributed by atoms with van der Waals surface area (Å²) in [6.07, 6.45) is 1.47. The lowest BCUT2D eigenvalue weighted by molar-refractivity contribution is 0.0690. The first-order chi connectivity index (χ1) is 11.0. The lowest BCUT2D eigenvalue weighted by Crippen LogP contribution is -2.03. The monoisotopic (exact) mass is 350 g/mol. The number of pyridine rings is 1. The van der Waals surface area contributed by atoms with Gasteiger partial charge in [-0.3, -0.25) is 4.40 Å². The van der Waals surface area contributed by atoms with Gasteiger partial charge in [-0.25, -0.2) is 9.78 Å². The summed E-state index contributed by atoms with van der Waals surface area (Å²) in [6, 6.07) is 6.63. The number of rotatable bonds is 2. The fraction of sp³-hybridized carbons (Fsp3) is 0.0667. The average molecular weight is 351 g/mol. The van der Waals surface area contributed by atoms with Crippen LogP contribution in [0.3, 0.4) is 0 Å². The van der Waals surface area contributed by atoms with Crippen LogP contribution < -0.4 is 9.47 Å². The van der Waals surface area contributed by atoms with Crippen LogP contribution >= 0.6 is 23.2 Å². The Morgan fingerprint density at radius 3 is 2.78 bits per heavy atom. The third-order valence-electron chi connectivity index (χ3n) is 3.49. The first-order valence-electron chi connectivity index (χ1n) is 6.55. The molecule has 2 aromatic heterocycles. The number of hydrogen-bond acceptors (Lipinski definition) is 4. The molecule has 0 unspecified atom stereocenters. The molecule has 3 aromatic rings. The van der Waals surface area contributed by atoms with Crippen molar-refractivity contribution in [3.8, 4) is 22.8 Å². The van der Waals surface area contributed by atoms with E-state index in [4.69, 9.17) is 32.7 Å². The molecule has 23 heavy (non-hydrogen) atoms. The Hall–Kier alpha value is -2.44. The van der Waals surface area contributed by atoms with Crippen LogP contribution in [-0.4, -0.2) is 27.3 Å². The summed E-state index contributed by atoms with van der Waals surface area (Å²) in [5, 5.41) is 10.2. The van der Waals surface area contributed by atoms with Crippen molar-refractivity contribution in [1.82, 2.24) is 9.38 Å². The van der Waals surface area contributed by atoms with E-state index in [1.54, 1.807) is 18.2 Å². The molecule has 4 rings (SSSR count). The molecule has 8 heteroatoms. The van der Waals surface area contributed by atoms with E-state index in [1.807, 2.05) is 0 Å². The Bertz CT molecular complexity index is 968. The molecule has 0 radical (unpaired) electrons. The minimum absolute atomic E-state index is 0.0248. The lowest BCUT2D eigenvalue weighted by Gasteiger charge is -2.02. The molecule has 0 saturated heterocycles. The van der Waals surface area contributed by atoms with Crippen molar-refractivity contribution in [1.29, 1.82) is 0 Å². The molecular formula is C15H8Cl2N2O4. The number of fused-ring (bicyclic) bond motifs is 2. The van der Waals surface area contributed by atoms with Crippen molar-refractivity contribution in [3.63, 3.8) is 0 Å². The molecule has 1 aliphatic heterocycles. The Kier molecular flexibility index (Phi) is 3.11. The van der Waals surface area contributed by atoms with Gasteiger partial charge in [-0.15, -0.1) is 0 Å². The molecule has 0 spiro atoms. The fourth-order valence-electron chi connectivity index (χ4n) is 2.52. The number of aromatic carboxylic acids is 1. The second-order valence-electron chi connectivity index (χ2n) is 4.88. The molecule has 0 fully saturated rings. The van der Waals surface area contributed by atoms with Gasteiger partial charge in [-0.05, 0) is 24.3 Å². The number of hydrogen-bond donors (Lipinski definition) is 1. The summed E-state index contributed by atoms with van der Waals surface area (Å²) in [5.74, 6) is 0.0130. The van der Waals surface area contributed by atoms with Crippen LogP contribution in [0.15, 0.2) is 30.5 Å². The van der Waals surface area contributed by atoms with Gasteiger partial charge < -0.3 is 14.6 Å². The van der Waals surface area contributed by atoms with E-state index in [9.17, 15) is 9.90 Å². The van der Waals surface area contributed by atoms with Crippen LogP contribution in [-0.2, 0) is 0 Å². The van der Waals surface area contributed by atoms with E-state index in [1.165, 1.54) is 16.7 Å². The third-order valence-corrected chi connectivity index (χ3v) is 3.98. The van der Waals surface area contributed by atoms with Gasteiger partial charge in [0.15, 0.2) is 22.8 Å². The first-order valence-corrected chi connectivity index (χ1v) is 7.30. The average Bonchev–Trinajstić information content (AvgIpc) is 3.09. The highest BCUT2D eigenvalue weighted by Crippen LogP contribution is 2.37. The Morgan fingerprint density at radius 2 is 2.00 bits per heavy atom. The number of carboxylic acid groups (broad SMARTS) is 1. The van der Waals surface area contributed by atoms with Crippen LogP contribution in [0.5, 0.6) is 11.5 Å². The van der Waals surface area contributed by atoms with Gasteiger partial charge in [0.25, 0.3) is 0 Å². The zero-order valence-corrected chi connectivity index (χ0v) is 12.9. The van der Waals surface area contributed by atoms with Gasteiger partial charge in [-0.1, -0.05) is 23.2 Å². The molecule has 0 aliphatic carbocycles. The Balaban J connectivity index is 2.01. The summed E-state index contributed by atoms with van der Waals surface area (Å²) < 4.78 is 12.0. The largest absolute Gasteiger partial charge is 0.476 e. The fourth-order valence-corrected chi connectivity index (χ4v) is 3.04. The highest BCUT2D eigenvalue weighted by Gasteiger charge is 2.23. The molecule has 6 nitrogen and oxygen atoms in total. The summed E-state index contributed by atoms with van der Waals surface area (Å²) in [5.41, 5.74) is 1.16. The number of imidazole rings is 1. The summed E-state index contributed by atoms with van der Waals surface area (Å²) in [4.78, 5) is 16.1. The third kappa shape index (κ3) is 2.18. The predicted octanol–water partition coefficient (Wildman–Crippen LogP) is 3.74. The van der Waals surface area contributed by atoms with Gasteiger partial charge in [0.05, 0.1) is 10.0 Å². The van der Waals surface area contributed by atoms with E-state index < -0.39 is 5.97 Å². The zero-order valence-electron chi connectivity index (χ0n) is 11.4. The molecule has 116 valence electrons. The SMILES string of the molecule is O=C(O)c1c(-c2ccc3c(c2)OCO3)nc2c(Cl)cc(Cl)cn12. The number of halogens is 2. The minimum atomic E-state index is -1.14. The quantitative estimate of drug-likeness (QED) is 0.762. The van der Waals surface area contributed by atoms with Crippen LogP contribution in [0.2, 0.25) is 10.0 Å². The maximum absolute atomic E-state index is 11.7. The molecule has 0 saturated carbocycles. The second kappa shape index (κ2) is 5.04. The van der Waals surface area contributed by atoms with Crippen molar-refractivity contribution in [2.45, 2.75) is 0 Å². The number of aromatic nitrogens is 2. The summed E-state index contributed by atoms with van der Waals surface area (Å²) >= 11 is 12.1. The number of benzene rings is 1. The van der Waals surface area contributed by atoms with E-state index in [0.29, 0.717) is 27.7 Å². The van der Waals surface area contributed by atoms with Gasteiger partial charge in [0.2, 0.25) is 6.79 Å². The topological polar surface area (TPSA) is 73.1 Å². The van der Waals surface area contributed by atoms with Crippen molar-refractivity contribution in [3.05, 3.63) is 46.2 Å². The van der Waals surface area contributed by atoms with Gasteiger partial charge in [0.1, 0.15) is 5.69 Å². The van der Waals surface area contributed by atoms with Crippen molar-refractivity contribution < 1.29 is 19.4 Å². The summed E-state index contributed by atoms with van der Waals surface area (Å²) in [7, 11) is 0. The zero-order chi connectivity index (χ0) is 16.1. The maximum Gasteiger partial charge on any atom is 0.355 e. The Morgan fingerprint density at radius 1 is 1.22 bits per heavy atom. The maximum atomic E-state index is 11.7. The highest BCUT2D eigenvalue weighted by atomic mass is 35.5. The van der Waals surface area contributed by atoms with Crippen LogP contribution in [0.25, 0.3) is 16.9 Å². The molecular weight excluding hydrogens is 343 g/mol. The molecule has 0 atom stereocenters. The number of carbonyl (C=O) groups is 1. The number of ether oxygens (including phenoxy) is 2. The molecule has 0 bridgehead atoms. The molecule has 1 aromatic carbocycles. The van der Waals surface area contributed by atoms with Crippen LogP contribution in [0.1, 0.15) is 10.5 Å². The predicted molar refractivity (Wildman–Crippen MR) is 83.7 cm³/mol. The molecule has 3 heterocycles. The lowest BCUT2D eigenvalue weighted by atomic mass is 10.1. The molecule has 1 aliphatic rings. The molecule has 0 amide bonds. The number of carboxylic acids is 1. The van der Waals surface area contributed by atoms with E-state index in [0.717, 1.165) is 0 Å².